The van der Waals surface area contributed by atoms with Gasteiger partial charge in [-0.15, -0.1) is 11.3 Å². The molecule has 0 atom stereocenters. The molecule has 0 aliphatic carbocycles. The van der Waals surface area contributed by atoms with Crippen molar-refractivity contribution in [2.75, 3.05) is 21.2 Å². The molecule has 1 heterocycles. The molecule has 5 heteroatoms. The number of esters is 1. The maximum Gasteiger partial charge on any atom is 0.350 e. The third-order valence-corrected chi connectivity index (χ3v) is 2.80. The molecule has 0 N–H and O–H groups in total. The second-order valence-corrected chi connectivity index (χ2v) is 4.18. The van der Waals surface area contributed by atoms with Crippen LogP contribution in [-0.4, -0.2) is 38.4 Å². The van der Waals surface area contributed by atoms with Crippen LogP contribution in [0.15, 0.2) is 10.4 Å². The third kappa shape index (κ3) is 2.79. The van der Waals surface area contributed by atoms with Gasteiger partial charge in [-0.05, 0) is 17.9 Å². The predicted molar refractivity (Wildman–Crippen MR) is 62.2 cm³/mol. The van der Waals surface area contributed by atoms with E-state index in [0.717, 1.165) is 5.56 Å². The Morgan fingerprint density at radius 2 is 2.27 bits per heavy atom. The van der Waals surface area contributed by atoms with Gasteiger partial charge in [0.05, 0.1) is 19.1 Å². The Hall–Kier alpha value is -1.36. The minimum absolute atomic E-state index is 0.334. The monoisotopic (exact) mass is 226 g/mol. The molecule has 1 aromatic heterocycles. The van der Waals surface area contributed by atoms with Gasteiger partial charge >= 0.3 is 5.97 Å². The van der Waals surface area contributed by atoms with Crippen molar-refractivity contribution in [1.29, 1.82) is 0 Å². The van der Waals surface area contributed by atoms with Crippen LogP contribution in [0.1, 0.15) is 15.2 Å². The zero-order valence-corrected chi connectivity index (χ0v) is 10.1. The fourth-order valence-corrected chi connectivity index (χ4v) is 1.92. The number of hydrogen-bond donors (Lipinski definition) is 0. The van der Waals surface area contributed by atoms with Gasteiger partial charge in [0.15, 0.2) is 0 Å². The molecule has 82 valence electrons. The van der Waals surface area contributed by atoms with E-state index in [1.165, 1.54) is 18.4 Å². The van der Waals surface area contributed by atoms with Crippen LogP contribution in [0.25, 0.3) is 0 Å². The average molecular weight is 226 g/mol. The SMILES string of the molecule is COC(=O)c1scc(C)c1/N=C/N(C)C. The van der Waals surface area contributed by atoms with Crippen molar-refractivity contribution in [1.82, 2.24) is 4.90 Å². The first-order chi connectivity index (χ1) is 7.06. The highest BCUT2D eigenvalue weighted by atomic mass is 32.1. The summed E-state index contributed by atoms with van der Waals surface area (Å²) in [6.07, 6.45) is 1.67. The molecule has 0 bridgehead atoms. The zero-order chi connectivity index (χ0) is 11.4. The molecule has 0 spiro atoms. The molecular weight excluding hydrogens is 212 g/mol. The first kappa shape index (κ1) is 11.7. The molecule has 0 aliphatic rings. The van der Waals surface area contributed by atoms with Crippen LogP contribution >= 0.6 is 11.3 Å². The summed E-state index contributed by atoms with van der Waals surface area (Å²) in [5.74, 6) is -0.334. The molecular formula is C10H14N2O2S. The van der Waals surface area contributed by atoms with Crippen molar-refractivity contribution in [3.8, 4) is 0 Å². The highest BCUT2D eigenvalue weighted by molar-refractivity contribution is 7.12. The Bertz CT molecular complexity index is 383. The number of ether oxygens (including phenoxy) is 1. The summed E-state index contributed by atoms with van der Waals surface area (Å²) < 4.78 is 4.68. The highest BCUT2D eigenvalue weighted by Gasteiger charge is 2.15. The Balaban J connectivity index is 3.04. The predicted octanol–water partition coefficient (Wildman–Crippen LogP) is 2.06. The number of methoxy groups -OCH3 is 1. The molecule has 0 aromatic carbocycles. The van der Waals surface area contributed by atoms with Gasteiger partial charge in [0.25, 0.3) is 0 Å². The molecule has 0 aliphatic heterocycles. The molecule has 1 aromatic rings. The van der Waals surface area contributed by atoms with Gasteiger partial charge in [-0.1, -0.05) is 0 Å². The summed E-state index contributed by atoms with van der Waals surface area (Å²) in [6.45, 7) is 1.92. The lowest BCUT2D eigenvalue weighted by atomic mass is 10.3. The maximum absolute atomic E-state index is 11.4. The highest BCUT2D eigenvalue weighted by Crippen LogP contribution is 2.30. The van der Waals surface area contributed by atoms with E-state index < -0.39 is 0 Å². The summed E-state index contributed by atoms with van der Waals surface area (Å²) in [6, 6.07) is 0. The van der Waals surface area contributed by atoms with E-state index in [9.17, 15) is 4.79 Å². The summed E-state index contributed by atoms with van der Waals surface area (Å²) in [5, 5.41) is 1.90. The largest absolute Gasteiger partial charge is 0.465 e. The van der Waals surface area contributed by atoms with Crippen molar-refractivity contribution in [3.05, 3.63) is 15.8 Å². The van der Waals surface area contributed by atoms with Crippen LogP contribution in [0, 0.1) is 6.92 Å². The maximum atomic E-state index is 11.4. The van der Waals surface area contributed by atoms with Crippen LogP contribution in [0.4, 0.5) is 5.69 Å². The van der Waals surface area contributed by atoms with Gasteiger partial charge < -0.3 is 9.64 Å². The van der Waals surface area contributed by atoms with Crippen LogP contribution in [0.5, 0.6) is 0 Å². The van der Waals surface area contributed by atoms with Gasteiger partial charge in [0.2, 0.25) is 0 Å². The number of carbonyl (C=O) groups is 1. The van der Waals surface area contributed by atoms with Gasteiger partial charge in [-0.25, -0.2) is 9.79 Å². The minimum Gasteiger partial charge on any atom is -0.465 e. The molecule has 0 saturated carbocycles. The normalized spacial score (nSPS) is 10.7. The van der Waals surface area contributed by atoms with Crippen LogP contribution in [0.3, 0.4) is 0 Å². The number of hydrogen-bond acceptors (Lipinski definition) is 4. The molecule has 0 fully saturated rings. The fraction of sp³-hybridized carbons (Fsp3) is 0.400. The lowest BCUT2D eigenvalue weighted by molar-refractivity contribution is 0.0607. The molecule has 0 radical (unpaired) electrons. The van der Waals surface area contributed by atoms with Crippen molar-refractivity contribution >= 4 is 29.3 Å². The smallest absolute Gasteiger partial charge is 0.350 e. The molecule has 0 unspecified atom stereocenters. The van der Waals surface area contributed by atoms with Crippen molar-refractivity contribution < 1.29 is 9.53 Å². The Morgan fingerprint density at radius 3 is 2.80 bits per heavy atom. The fourth-order valence-electron chi connectivity index (χ4n) is 1.01. The molecule has 0 saturated heterocycles. The van der Waals surface area contributed by atoms with Crippen molar-refractivity contribution in [3.63, 3.8) is 0 Å². The first-order valence-corrected chi connectivity index (χ1v) is 5.31. The standard InChI is InChI=1S/C10H14N2O2S/c1-7-5-15-9(10(13)14-4)8(7)11-6-12(2)3/h5-6H,1-4H3/b11-6+. The Kier molecular flexibility index (Phi) is 3.85. The molecule has 0 amide bonds. The van der Waals surface area contributed by atoms with Gasteiger partial charge in [0, 0.05) is 14.1 Å². The van der Waals surface area contributed by atoms with Gasteiger partial charge in [-0.3, -0.25) is 0 Å². The molecule has 1 rings (SSSR count). The minimum atomic E-state index is -0.334. The average Bonchev–Trinajstić information content (AvgIpc) is 2.55. The van der Waals surface area contributed by atoms with Crippen molar-refractivity contribution in [2.24, 2.45) is 4.99 Å². The summed E-state index contributed by atoms with van der Waals surface area (Å²) in [7, 11) is 5.13. The van der Waals surface area contributed by atoms with Crippen LogP contribution < -0.4 is 0 Å². The summed E-state index contributed by atoms with van der Waals surface area (Å²) in [4.78, 5) is 18.0. The second-order valence-electron chi connectivity index (χ2n) is 3.30. The second kappa shape index (κ2) is 4.93. The van der Waals surface area contributed by atoms with Crippen molar-refractivity contribution in [2.45, 2.75) is 6.92 Å². The molecule has 4 nitrogen and oxygen atoms in total. The van der Waals surface area contributed by atoms with Crippen LogP contribution in [0.2, 0.25) is 0 Å². The van der Waals surface area contributed by atoms with E-state index in [0.29, 0.717) is 10.6 Å². The number of aliphatic imine (C=N–C) groups is 1. The number of thiophene rings is 1. The van der Waals surface area contributed by atoms with E-state index in [2.05, 4.69) is 9.73 Å². The van der Waals surface area contributed by atoms with Gasteiger partial charge in [0.1, 0.15) is 4.88 Å². The van der Waals surface area contributed by atoms with E-state index >= 15 is 0 Å². The summed E-state index contributed by atoms with van der Waals surface area (Å²) >= 11 is 1.35. The number of nitrogens with zero attached hydrogens (tertiary/aromatic N) is 2. The van der Waals surface area contributed by atoms with Gasteiger partial charge in [-0.2, -0.15) is 0 Å². The third-order valence-electron chi connectivity index (χ3n) is 1.73. The van der Waals surface area contributed by atoms with E-state index in [1.807, 2.05) is 31.3 Å². The zero-order valence-electron chi connectivity index (χ0n) is 9.27. The molecule has 15 heavy (non-hydrogen) atoms. The van der Waals surface area contributed by atoms with Crippen LogP contribution in [-0.2, 0) is 4.74 Å². The Labute approximate surface area is 93.2 Å². The number of carbonyl (C=O) groups excluding carboxylic acids is 1. The quantitative estimate of drug-likeness (QED) is 0.450. The summed E-state index contributed by atoms with van der Waals surface area (Å²) in [5.41, 5.74) is 1.68. The number of rotatable bonds is 3. The lowest BCUT2D eigenvalue weighted by Gasteiger charge is -2.03. The first-order valence-electron chi connectivity index (χ1n) is 4.43. The van der Waals surface area contributed by atoms with E-state index in [-0.39, 0.29) is 5.97 Å². The topological polar surface area (TPSA) is 41.9 Å². The number of aryl methyl sites for hydroxylation is 1. The lowest BCUT2D eigenvalue weighted by Crippen LogP contribution is -2.07. The van der Waals surface area contributed by atoms with E-state index in [4.69, 9.17) is 0 Å². The van der Waals surface area contributed by atoms with E-state index in [1.54, 1.807) is 6.34 Å². The Morgan fingerprint density at radius 1 is 1.60 bits per heavy atom.